The molecule has 1 aromatic rings. The molecule has 1 atom stereocenters. The Labute approximate surface area is 135 Å². The Hall–Kier alpha value is -1.53. The van der Waals surface area contributed by atoms with Crippen molar-refractivity contribution in [2.45, 2.75) is 30.7 Å². The molecule has 0 aliphatic rings. The Balaban J connectivity index is 2.53. The van der Waals surface area contributed by atoms with Gasteiger partial charge in [0.1, 0.15) is 0 Å². The maximum Gasteiger partial charge on any atom is 0.338 e. The Bertz CT molecular complexity index is 493. The maximum atomic E-state index is 11.7. The van der Waals surface area contributed by atoms with Gasteiger partial charge in [-0.05, 0) is 18.6 Å². The van der Waals surface area contributed by atoms with Gasteiger partial charge in [0.15, 0.2) is 0 Å². The molecule has 1 rings (SSSR count). The van der Waals surface area contributed by atoms with Gasteiger partial charge < -0.3 is 14.8 Å². The van der Waals surface area contributed by atoms with Crippen LogP contribution in [0, 0.1) is 0 Å². The first-order valence-electron chi connectivity index (χ1n) is 7.22. The molecule has 0 aromatic heterocycles. The first-order chi connectivity index (χ1) is 10.6. The largest absolute Gasteiger partial charge is 0.469 e. The highest BCUT2D eigenvalue weighted by atomic mass is 32.2. The molecule has 0 heterocycles. The highest BCUT2D eigenvalue weighted by Gasteiger charge is 2.13. The quantitative estimate of drug-likeness (QED) is 0.556. The highest BCUT2D eigenvalue weighted by molar-refractivity contribution is 7.99. The normalized spacial score (nSPS) is 11.8. The molecule has 0 spiro atoms. The van der Waals surface area contributed by atoms with Crippen LogP contribution in [0.25, 0.3) is 0 Å². The van der Waals surface area contributed by atoms with Gasteiger partial charge in [-0.1, -0.05) is 19.1 Å². The van der Waals surface area contributed by atoms with Crippen molar-refractivity contribution >= 4 is 23.7 Å². The number of hydrogen-bond donors (Lipinski definition) is 1. The predicted octanol–water partition coefficient (Wildman–Crippen LogP) is 2.50. The number of benzene rings is 1. The van der Waals surface area contributed by atoms with Gasteiger partial charge in [-0.2, -0.15) is 0 Å². The van der Waals surface area contributed by atoms with Crippen molar-refractivity contribution in [3.63, 3.8) is 0 Å². The Morgan fingerprint density at radius 1 is 1.23 bits per heavy atom. The lowest BCUT2D eigenvalue weighted by molar-refractivity contribution is -0.140. The van der Waals surface area contributed by atoms with E-state index in [2.05, 4.69) is 17.0 Å². The van der Waals surface area contributed by atoms with Crippen molar-refractivity contribution in [3.05, 3.63) is 29.8 Å². The van der Waals surface area contributed by atoms with E-state index in [-0.39, 0.29) is 18.0 Å². The summed E-state index contributed by atoms with van der Waals surface area (Å²) in [4.78, 5) is 23.7. The van der Waals surface area contributed by atoms with Crippen LogP contribution in [0.5, 0.6) is 0 Å². The topological polar surface area (TPSA) is 64.6 Å². The molecule has 5 nitrogen and oxygen atoms in total. The number of esters is 2. The van der Waals surface area contributed by atoms with Gasteiger partial charge in [-0.3, -0.25) is 4.79 Å². The SMILES string of the molecule is CCC(CSc1ccccc1C(=O)OC)NCCC(=O)OC. The monoisotopic (exact) mass is 325 g/mol. The van der Waals surface area contributed by atoms with Crippen molar-refractivity contribution in [1.82, 2.24) is 5.32 Å². The van der Waals surface area contributed by atoms with Crippen LogP contribution >= 0.6 is 11.8 Å². The van der Waals surface area contributed by atoms with Crippen LogP contribution in [0.1, 0.15) is 30.1 Å². The van der Waals surface area contributed by atoms with E-state index in [9.17, 15) is 9.59 Å². The fourth-order valence-corrected chi connectivity index (χ4v) is 3.08. The van der Waals surface area contributed by atoms with Crippen molar-refractivity contribution in [3.8, 4) is 0 Å². The lowest BCUT2D eigenvalue weighted by atomic mass is 10.2. The second-order valence-corrected chi connectivity index (χ2v) is 5.75. The molecule has 0 bridgehead atoms. The molecule has 0 saturated heterocycles. The van der Waals surface area contributed by atoms with Crippen LogP contribution in [-0.4, -0.2) is 44.5 Å². The summed E-state index contributed by atoms with van der Waals surface area (Å²) in [6.45, 7) is 2.67. The second-order valence-electron chi connectivity index (χ2n) is 4.68. The summed E-state index contributed by atoms with van der Waals surface area (Å²) < 4.78 is 9.41. The molecule has 0 radical (unpaired) electrons. The van der Waals surface area contributed by atoms with Gasteiger partial charge in [0.05, 0.1) is 26.2 Å². The molecule has 6 heteroatoms. The van der Waals surface area contributed by atoms with Gasteiger partial charge in [-0.15, -0.1) is 11.8 Å². The van der Waals surface area contributed by atoms with Gasteiger partial charge >= 0.3 is 11.9 Å². The highest BCUT2D eigenvalue weighted by Crippen LogP contribution is 2.24. The molecule has 0 amide bonds. The summed E-state index contributed by atoms with van der Waals surface area (Å²) >= 11 is 1.61. The molecular formula is C16H23NO4S. The van der Waals surface area contributed by atoms with E-state index in [0.717, 1.165) is 17.1 Å². The summed E-state index contributed by atoms with van der Waals surface area (Å²) in [6, 6.07) is 7.67. The third-order valence-corrected chi connectivity index (χ3v) is 4.45. The molecule has 1 unspecified atom stereocenters. The molecule has 1 aromatic carbocycles. The number of carbonyl (C=O) groups excluding carboxylic acids is 2. The molecule has 22 heavy (non-hydrogen) atoms. The van der Waals surface area contributed by atoms with Gasteiger partial charge in [0.25, 0.3) is 0 Å². The summed E-state index contributed by atoms with van der Waals surface area (Å²) in [6.07, 6.45) is 1.30. The first kappa shape index (κ1) is 18.5. The third-order valence-electron chi connectivity index (χ3n) is 3.21. The number of methoxy groups -OCH3 is 2. The molecule has 0 saturated carbocycles. The smallest absolute Gasteiger partial charge is 0.338 e. The van der Waals surface area contributed by atoms with E-state index in [1.54, 1.807) is 17.8 Å². The fourth-order valence-electron chi connectivity index (χ4n) is 1.86. The molecule has 0 aliphatic heterocycles. The minimum absolute atomic E-state index is 0.217. The van der Waals surface area contributed by atoms with Crippen molar-refractivity contribution in [1.29, 1.82) is 0 Å². The summed E-state index contributed by atoms with van der Waals surface area (Å²) in [5.41, 5.74) is 0.583. The van der Waals surface area contributed by atoms with E-state index in [4.69, 9.17) is 4.74 Å². The fraction of sp³-hybridized carbons (Fsp3) is 0.500. The zero-order valence-electron chi connectivity index (χ0n) is 13.3. The zero-order valence-corrected chi connectivity index (χ0v) is 14.1. The standard InChI is InChI=1S/C16H23NO4S/c1-4-12(17-10-9-15(18)20-2)11-22-14-8-6-5-7-13(14)16(19)21-3/h5-8,12,17H,4,9-11H2,1-3H3. The molecular weight excluding hydrogens is 302 g/mol. The molecule has 1 N–H and O–H groups in total. The maximum absolute atomic E-state index is 11.7. The number of thioether (sulfide) groups is 1. The van der Waals surface area contributed by atoms with E-state index in [1.165, 1.54) is 14.2 Å². The molecule has 122 valence electrons. The Morgan fingerprint density at radius 3 is 2.59 bits per heavy atom. The van der Waals surface area contributed by atoms with E-state index in [0.29, 0.717) is 18.5 Å². The number of ether oxygens (including phenoxy) is 2. The Kier molecular flexibility index (Phi) is 8.62. The van der Waals surface area contributed by atoms with Crippen LogP contribution in [-0.2, 0) is 14.3 Å². The average molecular weight is 325 g/mol. The van der Waals surface area contributed by atoms with Crippen LogP contribution in [0.2, 0.25) is 0 Å². The van der Waals surface area contributed by atoms with E-state index < -0.39 is 0 Å². The van der Waals surface area contributed by atoms with Gasteiger partial charge in [-0.25, -0.2) is 4.79 Å². The van der Waals surface area contributed by atoms with Crippen LogP contribution in [0.4, 0.5) is 0 Å². The van der Waals surface area contributed by atoms with Gasteiger partial charge in [0.2, 0.25) is 0 Å². The van der Waals surface area contributed by atoms with Gasteiger partial charge in [0, 0.05) is 23.2 Å². The summed E-state index contributed by atoms with van der Waals surface area (Å²) in [5, 5.41) is 3.33. The zero-order chi connectivity index (χ0) is 16.4. The number of carbonyl (C=O) groups is 2. The number of nitrogens with one attached hydrogen (secondary N) is 1. The minimum Gasteiger partial charge on any atom is -0.469 e. The van der Waals surface area contributed by atoms with Crippen LogP contribution in [0.3, 0.4) is 0 Å². The average Bonchev–Trinajstić information content (AvgIpc) is 2.57. The lowest BCUT2D eigenvalue weighted by Crippen LogP contribution is -2.32. The van der Waals surface area contributed by atoms with Crippen molar-refractivity contribution in [2.75, 3.05) is 26.5 Å². The van der Waals surface area contributed by atoms with E-state index >= 15 is 0 Å². The number of rotatable bonds is 9. The molecule has 0 fully saturated rings. The first-order valence-corrected chi connectivity index (χ1v) is 8.21. The summed E-state index contributed by atoms with van der Waals surface area (Å²) in [5.74, 6) is 0.270. The predicted molar refractivity (Wildman–Crippen MR) is 87.2 cm³/mol. The van der Waals surface area contributed by atoms with E-state index in [1.807, 2.05) is 18.2 Å². The van der Waals surface area contributed by atoms with Crippen LogP contribution < -0.4 is 5.32 Å². The molecule has 0 aliphatic carbocycles. The minimum atomic E-state index is -0.324. The van der Waals surface area contributed by atoms with Crippen molar-refractivity contribution in [2.24, 2.45) is 0 Å². The summed E-state index contributed by atoms with van der Waals surface area (Å²) in [7, 11) is 2.77. The van der Waals surface area contributed by atoms with Crippen LogP contribution in [0.15, 0.2) is 29.2 Å². The Morgan fingerprint density at radius 2 is 1.95 bits per heavy atom. The second kappa shape index (κ2) is 10.2. The third kappa shape index (κ3) is 6.07. The van der Waals surface area contributed by atoms with Crippen molar-refractivity contribution < 1.29 is 19.1 Å². The lowest BCUT2D eigenvalue weighted by Gasteiger charge is -2.17. The number of hydrogen-bond acceptors (Lipinski definition) is 6.